The summed E-state index contributed by atoms with van der Waals surface area (Å²) in [5, 5.41) is 9.83. The summed E-state index contributed by atoms with van der Waals surface area (Å²) in [4.78, 5) is 28.6. The van der Waals surface area contributed by atoms with Crippen molar-refractivity contribution in [3.8, 4) is 0 Å². The summed E-state index contributed by atoms with van der Waals surface area (Å²) in [7, 11) is -3.62. The molecule has 11 heteroatoms. The molecule has 34 heavy (non-hydrogen) atoms. The number of aryl methyl sites for hydroxylation is 2. The molecule has 1 heterocycles. The minimum atomic E-state index is -3.62. The first-order chi connectivity index (χ1) is 16.2. The van der Waals surface area contributed by atoms with Crippen molar-refractivity contribution in [2.75, 3.05) is 13.1 Å². The fourth-order valence-electron chi connectivity index (χ4n) is 4.12. The topological polar surface area (TPSA) is 143 Å². The maximum atomic E-state index is 12.3. The van der Waals surface area contributed by atoms with Crippen molar-refractivity contribution in [2.24, 2.45) is 0 Å². The molecule has 2 amide bonds. The van der Waals surface area contributed by atoms with Crippen molar-refractivity contribution in [1.29, 1.82) is 0 Å². The summed E-state index contributed by atoms with van der Waals surface area (Å²) >= 11 is 0. The molecule has 0 atom stereocenters. The predicted molar refractivity (Wildman–Crippen MR) is 125 cm³/mol. The van der Waals surface area contributed by atoms with Crippen LogP contribution in [0.4, 0.5) is 0 Å². The van der Waals surface area contributed by atoms with Crippen molar-refractivity contribution in [3.05, 3.63) is 41.5 Å². The summed E-state index contributed by atoms with van der Waals surface area (Å²) in [6, 6.07) is 6.54. The largest absolute Gasteiger partial charge is 0.355 e. The first-order valence-corrected chi connectivity index (χ1v) is 13.1. The van der Waals surface area contributed by atoms with Gasteiger partial charge in [0, 0.05) is 32.9 Å². The van der Waals surface area contributed by atoms with Gasteiger partial charge in [-0.25, -0.2) is 13.1 Å². The summed E-state index contributed by atoms with van der Waals surface area (Å²) in [6.45, 7) is 3.60. The van der Waals surface area contributed by atoms with Gasteiger partial charge >= 0.3 is 0 Å². The fraction of sp³-hybridized carbons (Fsp3) is 0.565. The van der Waals surface area contributed by atoms with E-state index in [1.807, 2.05) is 6.92 Å². The number of amides is 2. The van der Waals surface area contributed by atoms with Crippen molar-refractivity contribution in [1.82, 2.24) is 25.5 Å². The van der Waals surface area contributed by atoms with E-state index in [0.717, 1.165) is 44.1 Å². The molecule has 0 unspecified atom stereocenters. The van der Waals surface area contributed by atoms with Crippen LogP contribution in [-0.2, 0) is 31.6 Å². The van der Waals surface area contributed by atoms with Gasteiger partial charge in [0.15, 0.2) is 5.82 Å². The van der Waals surface area contributed by atoms with E-state index in [-0.39, 0.29) is 42.6 Å². The standard InChI is InChI=1S/C23H33N5O5S/c1-17-7-9-19(10-8-17)34(31,32)25-16-15-24-20(30)11-12-21-26-22(28-33-21)23(27-18(2)29)13-5-3-4-6-14-23/h7-10,25H,3-6,11-16H2,1-2H3,(H,24,30)(H,27,29). The van der Waals surface area contributed by atoms with Gasteiger partial charge in [-0.1, -0.05) is 48.5 Å². The zero-order valence-electron chi connectivity index (χ0n) is 19.7. The van der Waals surface area contributed by atoms with Crippen LogP contribution in [0.15, 0.2) is 33.7 Å². The lowest BCUT2D eigenvalue weighted by Gasteiger charge is -2.30. The summed E-state index contributed by atoms with van der Waals surface area (Å²) in [5.41, 5.74) is 0.347. The van der Waals surface area contributed by atoms with E-state index < -0.39 is 15.6 Å². The van der Waals surface area contributed by atoms with Crippen LogP contribution in [0, 0.1) is 6.92 Å². The third kappa shape index (κ3) is 7.10. The Morgan fingerprint density at radius 2 is 1.74 bits per heavy atom. The first kappa shape index (κ1) is 25.8. The number of nitrogens with one attached hydrogen (secondary N) is 3. The van der Waals surface area contributed by atoms with E-state index in [0.29, 0.717) is 11.7 Å². The average molecular weight is 492 g/mol. The van der Waals surface area contributed by atoms with Gasteiger partial charge in [-0.05, 0) is 31.9 Å². The number of nitrogens with zero attached hydrogens (tertiary/aromatic N) is 2. The highest BCUT2D eigenvalue weighted by Crippen LogP contribution is 2.34. The highest BCUT2D eigenvalue weighted by molar-refractivity contribution is 7.89. The van der Waals surface area contributed by atoms with Crippen LogP contribution < -0.4 is 15.4 Å². The second-order valence-electron chi connectivity index (χ2n) is 8.75. The number of rotatable bonds is 10. The molecule has 0 saturated heterocycles. The molecule has 2 aromatic rings. The Hall–Kier alpha value is -2.79. The lowest BCUT2D eigenvalue weighted by atomic mass is 9.89. The maximum Gasteiger partial charge on any atom is 0.240 e. The second-order valence-corrected chi connectivity index (χ2v) is 10.5. The number of benzene rings is 1. The molecule has 0 bridgehead atoms. The predicted octanol–water partition coefficient (Wildman–Crippen LogP) is 2.09. The van der Waals surface area contributed by atoms with Crippen LogP contribution in [0.2, 0.25) is 0 Å². The Labute approximate surface area is 200 Å². The van der Waals surface area contributed by atoms with Gasteiger partial charge in [-0.15, -0.1) is 0 Å². The zero-order valence-corrected chi connectivity index (χ0v) is 20.5. The van der Waals surface area contributed by atoms with Crippen molar-refractivity contribution in [2.45, 2.75) is 75.6 Å². The number of aromatic nitrogens is 2. The number of hydrogen-bond donors (Lipinski definition) is 3. The van der Waals surface area contributed by atoms with E-state index in [1.54, 1.807) is 24.3 Å². The fourth-order valence-corrected chi connectivity index (χ4v) is 5.15. The lowest BCUT2D eigenvalue weighted by Crippen LogP contribution is -2.45. The molecule has 186 valence electrons. The number of sulfonamides is 1. The molecule has 3 rings (SSSR count). The average Bonchev–Trinajstić information content (AvgIpc) is 3.15. The van der Waals surface area contributed by atoms with Crippen LogP contribution in [0.25, 0.3) is 0 Å². The van der Waals surface area contributed by atoms with Gasteiger partial charge in [0.05, 0.1) is 4.90 Å². The number of carbonyl (C=O) groups excluding carboxylic acids is 2. The Morgan fingerprint density at radius 3 is 2.38 bits per heavy atom. The van der Waals surface area contributed by atoms with Crippen molar-refractivity contribution in [3.63, 3.8) is 0 Å². The number of hydrogen-bond acceptors (Lipinski definition) is 7. The summed E-state index contributed by atoms with van der Waals surface area (Å²) < 4.78 is 32.4. The maximum absolute atomic E-state index is 12.3. The van der Waals surface area contributed by atoms with E-state index in [4.69, 9.17) is 4.52 Å². The molecule has 3 N–H and O–H groups in total. The SMILES string of the molecule is CC(=O)NC1(c2noc(CCC(=O)NCCNS(=O)(=O)c3ccc(C)cc3)n2)CCCCCC1. The molecule has 1 aromatic heterocycles. The monoisotopic (exact) mass is 491 g/mol. The third-order valence-corrected chi connectivity index (χ3v) is 7.38. The normalized spacial score (nSPS) is 15.9. The molecular weight excluding hydrogens is 458 g/mol. The van der Waals surface area contributed by atoms with Gasteiger partial charge < -0.3 is 15.2 Å². The van der Waals surface area contributed by atoms with Crippen molar-refractivity contribution >= 4 is 21.8 Å². The molecule has 0 radical (unpaired) electrons. The lowest BCUT2D eigenvalue weighted by molar-refractivity contribution is -0.122. The second kappa shape index (κ2) is 11.6. The molecule has 10 nitrogen and oxygen atoms in total. The van der Waals surface area contributed by atoms with Gasteiger partial charge in [-0.3, -0.25) is 9.59 Å². The van der Waals surface area contributed by atoms with Crippen LogP contribution in [-0.4, -0.2) is 43.5 Å². The molecule has 1 aliphatic carbocycles. The van der Waals surface area contributed by atoms with E-state index in [1.165, 1.54) is 6.92 Å². The molecular formula is C23H33N5O5S. The first-order valence-electron chi connectivity index (χ1n) is 11.7. The molecule has 0 spiro atoms. The quantitative estimate of drug-likeness (QED) is 0.341. The molecule has 1 aromatic carbocycles. The van der Waals surface area contributed by atoms with Gasteiger partial charge in [-0.2, -0.15) is 4.98 Å². The van der Waals surface area contributed by atoms with Gasteiger partial charge in [0.1, 0.15) is 5.54 Å². The van der Waals surface area contributed by atoms with E-state index in [9.17, 15) is 18.0 Å². The minimum Gasteiger partial charge on any atom is -0.355 e. The van der Waals surface area contributed by atoms with Gasteiger partial charge in [0.25, 0.3) is 0 Å². The van der Waals surface area contributed by atoms with Crippen LogP contribution in [0.5, 0.6) is 0 Å². The number of carbonyl (C=O) groups is 2. The Bertz CT molecular complexity index is 1070. The Balaban J connectivity index is 1.46. The Morgan fingerprint density at radius 1 is 1.06 bits per heavy atom. The smallest absolute Gasteiger partial charge is 0.240 e. The highest BCUT2D eigenvalue weighted by atomic mass is 32.2. The summed E-state index contributed by atoms with van der Waals surface area (Å²) in [6.07, 6.45) is 6.04. The van der Waals surface area contributed by atoms with Crippen molar-refractivity contribution < 1.29 is 22.5 Å². The zero-order chi connectivity index (χ0) is 24.6. The van der Waals surface area contributed by atoms with E-state index >= 15 is 0 Å². The van der Waals surface area contributed by atoms with Crippen LogP contribution in [0.1, 0.15) is 69.1 Å². The van der Waals surface area contributed by atoms with E-state index in [2.05, 4.69) is 25.5 Å². The molecule has 1 saturated carbocycles. The minimum absolute atomic E-state index is 0.0753. The molecule has 0 aliphatic heterocycles. The third-order valence-electron chi connectivity index (χ3n) is 5.90. The molecule has 1 aliphatic rings. The Kier molecular flexibility index (Phi) is 8.78. The van der Waals surface area contributed by atoms with Crippen LogP contribution >= 0.6 is 0 Å². The molecule has 1 fully saturated rings. The summed E-state index contributed by atoms with van der Waals surface area (Å²) in [5.74, 6) is 0.413. The van der Waals surface area contributed by atoms with Gasteiger partial charge in [0.2, 0.25) is 27.7 Å². The van der Waals surface area contributed by atoms with Crippen LogP contribution in [0.3, 0.4) is 0 Å². The highest BCUT2D eigenvalue weighted by Gasteiger charge is 2.38.